The zero-order valence-electron chi connectivity index (χ0n) is 12.1. The van der Waals surface area contributed by atoms with E-state index < -0.39 is 22.2 Å². The van der Waals surface area contributed by atoms with Crippen LogP contribution in [0.2, 0.25) is 0 Å². The lowest BCUT2D eigenvalue weighted by Crippen LogP contribution is -2.43. The summed E-state index contributed by atoms with van der Waals surface area (Å²) >= 11 is 0. The Morgan fingerprint density at radius 3 is 2.30 bits per heavy atom. The van der Waals surface area contributed by atoms with Crippen LogP contribution in [-0.2, 0) is 10.0 Å². The Balaban J connectivity index is 2.83. The molecular weight excluding hydrogens is 278 g/mol. The summed E-state index contributed by atoms with van der Waals surface area (Å²) in [5.41, 5.74) is -0.377. The second-order valence-corrected chi connectivity index (χ2v) is 7.12. The molecule has 0 aliphatic carbocycles. The molecule has 0 spiro atoms. The fraction of sp³-hybridized carbons (Fsp3) is 0.571. The third kappa shape index (κ3) is 4.56. The Bertz CT molecular complexity index is 523. The number of sulfonamides is 1. The van der Waals surface area contributed by atoms with E-state index in [1.165, 1.54) is 6.92 Å². The number of nitrogens with one attached hydrogen (secondary N) is 1. The van der Waals surface area contributed by atoms with Gasteiger partial charge >= 0.3 is 0 Å². The molecular formula is C14H23NO4S. The van der Waals surface area contributed by atoms with Crippen LogP contribution in [-0.4, -0.2) is 37.4 Å². The fourth-order valence-corrected chi connectivity index (χ4v) is 2.76. The van der Waals surface area contributed by atoms with Crippen LogP contribution in [0.1, 0.15) is 38.7 Å². The van der Waals surface area contributed by atoms with Crippen LogP contribution in [0.15, 0.2) is 29.2 Å². The summed E-state index contributed by atoms with van der Waals surface area (Å²) in [6, 6.07) is 6.70. The number of hydrogen-bond acceptors (Lipinski definition) is 4. The molecule has 0 fully saturated rings. The monoisotopic (exact) mass is 301 g/mol. The van der Waals surface area contributed by atoms with Gasteiger partial charge in [0.05, 0.1) is 17.1 Å². The van der Waals surface area contributed by atoms with Crippen LogP contribution >= 0.6 is 0 Å². The highest BCUT2D eigenvalue weighted by molar-refractivity contribution is 7.89. The molecule has 6 heteroatoms. The van der Waals surface area contributed by atoms with Gasteiger partial charge in [0, 0.05) is 6.54 Å². The van der Waals surface area contributed by atoms with Crippen LogP contribution in [0.4, 0.5) is 0 Å². The minimum Gasteiger partial charge on any atom is -0.393 e. The van der Waals surface area contributed by atoms with E-state index in [4.69, 9.17) is 5.11 Å². The third-order valence-corrected chi connectivity index (χ3v) is 4.77. The average molecular weight is 301 g/mol. The molecule has 0 aromatic heterocycles. The second kappa shape index (κ2) is 6.67. The topological polar surface area (TPSA) is 86.6 Å². The van der Waals surface area contributed by atoms with Crippen molar-refractivity contribution in [3.63, 3.8) is 0 Å². The van der Waals surface area contributed by atoms with Gasteiger partial charge in [0.2, 0.25) is 10.0 Å². The average Bonchev–Trinajstić information content (AvgIpc) is 2.45. The van der Waals surface area contributed by atoms with Crippen LogP contribution in [0.25, 0.3) is 0 Å². The Morgan fingerprint density at radius 1 is 1.30 bits per heavy atom. The highest BCUT2D eigenvalue weighted by Gasteiger charge is 2.23. The summed E-state index contributed by atoms with van der Waals surface area (Å²) in [6.07, 6.45) is 0.990. The molecule has 2 unspecified atom stereocenters. The minimum absolute atomic E-state index is 0.151. The van der Waals surface area contributed by atoms with Gasteiger partial charge in [0.25, 0.3) is 0 Å². The normalized spacial score (nSPS) is 16.6. The second-order valence-electron chi connectivity index (χ2n) is 5.36. The maximum absolute atomic E-state index is 12.0. The molecule has 0 heterocycles. The molecule has 0 saturated heterocycles. The maximum Gasteiger partial charge on any atom is 0.240 e. The lowest BCUT2D eigenvalue weighted by atomic mass is 9.99. The van der Waals surface area contributed by atoms with Gasteiger partial charge in [-0.3, -0.25) is 0 Å². The molecule has 5 nitrogen and oxygen atoms in total. The fourth-order valence-electron chi connectivity index (χ4n) is 1.60. The first kappa shape index (κ1) is 17.1. The SMILES string of the molecule is CCC(C)c1ccc(S(=O)(=O)NCC(C)(O)CO)cc1. The van der Waals surface area contributed by atoms with Gasteiger partial charge < -0.3 is 10.2 Å². The van der Waals surface area contributed by atoms with Crippen molar-refractivity contribution in [1.82, 2.24) is 4.72 Å². The zero-order valence-corrected chi connectivity index (χ0v) is 12.9. The van der Waals surface area contributed by atoms with Crippen LogP contribution < -0.4 is 4.72 Å². The quantitative estimate of drug-likeness (QED) is 0.707. The number of rotatable bonds is 7. The molecule has 2 atom stereocenters. The predicted octanol–water partition coefficient (Wildman–Crippen LogP) is 1.22. The molecule has 1 rings (SSSR count). The molecule has 0 aliphatic heterocycles. The number of hydrogen-bond donors (Lipinski definition) is 3. The maximum atomic E-state index is 12.0. The molecule has 0 saturated carbocycles. The third-order valence-electron chi connectivity index (χ3n) is 3.36. The zero-order chi connectivity index (χ0) is 15.4. The summed E-state index contributed by atoms with van der Waals surface area (Å²) in [5, 5.41) is 18.5. The summed E-state index contributed by atoms with van der Waals surface area (Å²) in [6.45, 7) is 4.77. The summed E-state index contributed by atoms with van der Waals surface area (Å²) in [5.74, 6) is 0.384. The molecule has 1 aromatic rings. The van der Waals surface area contributed by atoms with E-state index in [1.807, 2.05) is 0 Å². The first-order valence-corrected chi connectivity index (χ1v) is 8.13. The lowest BCUT2D eigenvalue weighted by Gasteiger charge is -2.20. The largest absolute Gasteiger partial charge is 0.393 e. The van der Waals surface area contributed by atoms with Crippen molar-refractivity contribution >= 4 is 10.0 Å². The van der Waals surface area contributed by atoms with Gasteiger partial charge in [-0.2, -0.15) is 0 Å². The van der Waals surface area contributed by atoms with Crippen molar-refractivity contribution in [2.75, 3.05) is 13.2 Å². The minimum atomic E-state index is -3.67. The summed E-state index contributed by atoms with van der Waals surface area (Å²) in [7, 11) is -3.67. The Hall–Kier alpha value is -0.950. The van der Waals surface area contributed by atoms with Crippen LogP contribution in [0.5, 0.6) is 0 Å². The van der Waals surface area contributed by atoms with Gasteiger partial charge in [-0.25, -0.2) is 13.1 Å². The molecule has 1 aromatic carbocycles. The van der Waals surface area contributed by atoms with Crippen molar-refractivity contribution in [2.24, 2.45) is 0 Å². The molecule has 0 radical (unpaired) electrons. The standard InChI is InChI=1S/C14H23NO4S/c1-4-11(2)12-5-7-13(8-6-12)20(18,19)15-9-14(3,17)10-16/h5-8,11,15-17H,4,9-10H2,1-3H3. The van der Waals surface area contributed by atoms with Crippen molar-refractivity contribution in [1.29, 1.82) is 0 Å². The summed E-state index contributed by atoms with van der Waals surface area (Å²) < 4.78 is 26.4. The Labute approximate surface area is 120 Å². The van der Waals surface area contributed by atoms with Crippen molar-refractivity contribution in [3.05, 3.63) is 29.8 Å². The smallest absolute Gasteiger partial charge is 0.240 e. The Kier molecular flexibility index (Phi) is 5.70. The van der Waals surface area contributed by atoms with Gasteiger partial charge in [0.1, 0.15) is 0 Å². The molecule has 3 N–H and O–H groups in total. The molecule has 0 bridgehead atoms. The van der Waals surface area contributed by atoms with Gasteiger partial charge in [0.15, 0.2) is 0 Å². The first-order chi connectivity index (χ1) is 9.22. The molecule has 0 aliphatic rings. The van der Waals surface area contributed by atoms with E-state index in [0.717, 1.165) is 12.0 Å². The van der Waals surface area contributed by atoms with Crippen LogP contribution in [0.3, 0.4) is 0 Å². The van der Waals surface area contributed by atoms with E-state index >= 15 is 0 Å². The highest BCUT2D eigenvalue weighted by atomic mass is 32.2. The van der Waals surface area contributed by atoms with Gasteiger partial charge in [-0.1, -0.05) is 26.0 Å². The van der Waals surface area contributed by atoms with Crippen molar-refractivity contribution in [2.45, 2.75) is 43.6 Å². The first-order valence-electron chi connectivity index (χ1n) is 6.64. The molecule has 114 valence electrons. The van der Waals surface area contributed by atoms with E-state index in [2.05, 4.69) is 18.6 Å². The van der Waals surface area contributed by atoms with Crippen LogP contribution in [0, 0.1) is 0 Å². The highest BCUT2D eigenvalue weighted by Crippen LogP contribution is 2.20. The van der Waals surface area contributed by atoms with E-state index in [1.54, 1.807) is 24.3 Å². The number of benzene rings is 1. The molecule has 0 amide bonds. The van der Waals surface area contributed by atoms with E-state index in [-0.39, 0.29) is 11.4 Å². The molecule has 20 heavy (non-hydrogen) atoms. The lowest BCUT2D eigenvalue weighted by molar-refractivity contribution is 0.00681. The van der Waals surface area contributed by atoms with Crippen molar-refractivity contribution < 1.29 is 18.6 Å². The van der Waals surface area contributed by atoms with Gasteiger partial charge in [-0.05, 0) is 37.0 Å². The number of aliphatic hydroxyl groups is 2. The van der Waals surface area contributed by atoms with Gasteiger partial charge in [-0.15, -0.1) is 0 Å². The van der Waals surface area contributed by atoms with E-state index in [0.29, 0.717) is 5.92 Å². The predicted molar refractivity (Wildman–Crippen MR) is 78.0 cm³/mol. The van der Waals surface area contributed by atoms with E-state index in [9.17, 15) is 13.5 Å². The number of aliphatic hydroxyl groups excluding tert-OH is 1. The summed E-state index contributed by atoms with van der Waals surface area (Å²) in [4.78, 5) is 0.151. The van der Waals surface area contributed by atoms with Crippen molar-refractivity contribution in [3.8, 4) is 0 Å². The Morgan fingerprint density at radius 2 is 1.85 bits per heavy atom.